The zero-order valence-corrected chi connectivity index (χ0v) is 15.2. The maximum absolute atomic E-state index is 12.5. The number of carbonyl (C=O) groups excluding carboxylic acids is 1. The van der Waals surface area contributed by atoms with Gasteiger partial charge in [-0.25, -0.2) is 9.78 Å². The number of imidazole rings is 1. The van der Waals surface area contributed by atoms with Gasteiger partial charge in [-0.15, -0.1) is 11.3 Å². The summed E-state index contributed by atoms with van der Waals surface area (Å²) in [6.07, 6.45) is 1.46. The van der Waals surface area contributed by atoms with E-state index in [1.54, 1.807) is 18.2 Å². The molecular formula is C20H13N5O2S. The molecule has 3 N–H and O–H groups in total. The topological polar surface area (TPSA) is 114 Å². The summed E-state index contributed by atoms with van der Waals surface area (Å²) in [6, 6.07) is 16.6. The van der Waals surface area contributed by atoms with Gasteiger partial charge >= 0.3 is 5.69 Å². The Labute approximate surface area is 163 Å². The van der Waals surface area contributed by atoms with Gasteiger partial charge < -0.3 is 9.97 Å². The third-order valence-corrected chi connectivity index (χ3v) is 4.77. The summed E-state index contributed by atoms with van der Waals surface area (Å²) in [6.45, 7) is 0. The zero-order valence-electron chi connectivity index (χ0n) is 14.4. The molecule has 0 spiro atoms. The minimum Gasteiger partial charge on any atom is -0.306 e. The number of aromatic nitrogens is 3. The molecule has 1 amide bonds. The molecule has 0 saturated carbocycles. The molecule has 0 radical (unpaired) electrons. The van der Waals surface area contributed by atoms with Crippen molar-refractivity contribution in [1.29, 1.82) is 5.26 Å². The SMILES string of the molecule is N#C/C(=C\c1ccc2[nH]c(=O)[nH]c2c1)C(=O)Nc1nc(-c2ccccc2)cs1. The molecule has 0 aliphatic rings. The molecule has 2 aromatic heterocycles. The first-order valence-electron chi connectivity index (χ1n) is 8.28. The second-order valence-corrected chi connectivity index (χ2v) is 6.77. The van der Waals surface area contributed by atoms with Gasteiger partial charge in [0, 0.05) is 10.9 Å². The van der Waals surface area contributed by atoms with E-state index in [-0.39, 0.29) is 11.3 Å². The van der Waals surface area contributed by atoms with E-state index in [1.807, 2.05) is 41.8 Å². The monoisotopic (exact) mass is 387 g/mol. The lowest BCUT2D eigenvalue weighted by Crippen LogP contribution is -2.13. The van der Waals surface area contributed by atoms with Gasteiger partial charge in [0.25, 0.3) is 5.91 Å². The number of nitrogens with one attached hydrogen (secondary N) is 3. The minimum atomic E-state index is -0.542. The number of carbonyl (C=O) groups is 1. The summed E-state index contributed by atoms with van der Waals surface area (Å²) in [7, 11) is 0. The van der Waals surface area contributed by atoms with Crippen LogP contribution in [0.5, 0.6) is 0 Å². The highest BCUT2D eigenvalue weighted by Crippen LogP contribution is 2.25. The van der Waals surface area contributed by atoms with Crippen molar-refractivity contribution >= 4 is 39.5 Å². The molecule has 0 bridgehead atoms. The van der Waals surface area contributed by atoms with Crippen LogP contribution < -0.4 is 11.0 Å². The first-order valence-corrected chi connectivity index (χ1v) is 9.16. The molecular weight excluding hydrogens is 374 g/mol. The van der Waals surface area contributed by atoms with Crippen LogP contribution in [0.4, 0.5) is 5.13 Å². The van der Waals surface area contributed by atoms with Gasteiger partial charge in [-0.05, 0) is 23.8 Å². The Balaban J connectivity index is 1.55. The maximum atomic E-state index is 12.5. The Bertz CT molecular complexity index is 1290. The lowest BCUT2D eigenvalue weighted by molar-refractivity contribution is -0.112. The summed E-state index contributed by atoms with van der Waals surface area (Å²) in [5.74, 6) is -0.542. The highest BCUT2D eigenvalue weighted by Gasteiger charge is 2.13. The predicted molar refractivity (Wildman–Crippen MR) is 109 cm³/mol. The van der Waals surface area contributed by atoms with E-state index >= 15 is 0 Å². The average Bonchev–Trinajstić information content (AvgIpc) is 3.31. The van der Waals surface area contributed by atoms with Crippen LogP contribution in [0.15, 0.2) is 64.3 Å². The van der Waals surface area contributed by atoms with E-state index in [4.69, 9.17) is 0 Å². The van der Waals surface area contributed by atoms with E-state index in [0.29, 0.717) is 21.7 Å². The van der Waals surface area contributed by atoms with Crippen molar-refractivity contribution in [2.24, 2.45) is 0 Å². The molecule has 2 heterocycles. The highest BCUT2D eigenvalue weighted by molar-refractivity contribution is 7.14. The molecule has 0 saturated heterocycles. The molecule has 0 unspecified atom stereocenters. The standard InChI is InChI=1S/C20H13N5O2S/c21-10-14(8-12-6-7-15-16(9-12)23-19(27)22-15)18(26)25-20-24-17(11-28-20)13-4-2-1-3-5-13/h1-9,11H,(H2,22,23,27)(H,24,25,26)/b14-8+. The van der Waals surface area contributed by atoms with Crippen LogP contribution in [0.1, 0.15) is 5.56 Å². The molecule has 0 atom stereocenters. The molecule has 4 aromatic rings. The minimum absolute atomic E-state index is 0.0614. The predicted octanol–water partition coefficient (Wildman–Crippen LogP) is 3.53. The normalized spacial score (nSPS) is 11.3. The number of anilines is 1. The number of thiazole rings is 1. The summed E-state index contributed by atoms with van der Waals surface area (Å²) in [5, 5.41) is 14.3. The second-order valence-electron chi connectivity index (χ2n) is 5.91. The third-order valence-electron chi connectivity index (χ3n) is 4.01. The van der Waals surface area contributed by atoms with E-state index in [9.17, 15) is 14.9 Å². The molecule has 8 heteroatoms. The zero-order chi connectivity index (χ0) is 19.5. The van der Waals surface area contributed by atoms with Crippen LogP contribution in [0, 0.1) is 11.3 Å². The van der Waals surface area contributed by atoms with Crippen molar-refractivity contribution < 1.29 is 4.79 Å². The van der Waals surface area contributed by atoms with Crippen molar-refractivity contribution in [2.75, 3.05) is 5.32 Å². The smallest absolute Gasteiger partial charge is 0.306 e. The molecule has 2 aromatic carbocycles. The largest absolute Gasteiger partial charge is 0.323 e. The van der Waals surface area contributed by atoms with Crippen LogP contribution in [0.2, 0.25) is 0 Å². The van der Waals surface area contributed by atoms with Crippen LogP contribution in [0.3, 0.4) is 0 Å². The van der Waals surface area contributed by atoms with Gasteiger partial charge in [0.1, 0.15) is 11.6 Å². The van der Waals surface area contributed by atoms with Crippen molar-refractivity contribution in [1.82, 2.24) is 15.0 Å². The van der Waals surface area contributed by atoms with Gasteiger partial charge in [-0.1, -0.05) is 36.4 Å². The van der Waals surface area contributed by atoms with Gasteiger partial charge in [-0.3, -0.25) is 10.1 Å². The van der Waals surface area contributed by atoms with E-state index in [2.05, 4.69) is 20.3 Å². The second kappa shape index (κ2) is 7.34. The van der Waals surface area contributed by atoms with Crippen LogP contribution >= 0.6 is 11.3 Å². The van der Waals surface area contributed by atoms with E-state index < -0.39 is 5.91 Å². The molecule has 0 aliphatic heterocycles. The Morgan fingerprint density at radius 1 is 1.14 bits per heavy atom. The number of hydrogen-bond acceptors (Lipinski definition) is 5. The Morgan fingerprint density at radius 3 is 2.71 bits per heavy atom. The number of hydrogen-bond donors (Lipinski definition) is 3. The summed E-state index contributed by atoms with van der Waals surface area (Å²) < 4.78 is 0. The Hall–Kier alpha value is -3.96. The average molecular weight is 387 g/mol. The van der Waals surface area contributed by atoms with Crippen LogP contribution in [-0.2, 0) is 4.79 Å². The fourth-order valence-electron chi connectivity index (χ4n) is 2.69. The van der Waals surface area contributed by atoms with Crippen molar-refractivity contribution in [3.05, 3.63) is 75.5 Å². The number of nitriles is 1. The molecule has 7 nitrogen and oxygen atoms in total. The quantitative estimate of drug-likeness (QED) is 0.367. The molecule has 136 valence electrons. The number of amides is 1. The van der Waals surface area contributed by atoms with Crippen molar-refractivity contribution in [2.45, 2.75) is 0 Å². The molecule has 4 rings (SSSR count). The van der Waals surface area contributed by atoms with Gasteiger partial charge in [0.15, 0.2) is 5.13 Å². The van der Waals surface area contributed by atoms with Gasteiger partial charge in [-0.2, -0.15) is 5.26 Å². The third kappa shape index (κ3) is 3.60. The summed E-state index contributed by atoms with van der Waals surface area (Å²) in [5.41, 5.74) is 3.21. The molecule has 28 heavy (non-hydrogen) atoms. The number of benzene rings is 2. The summed E-state index contributed by atoms with van der Waals surface area (Å²) >= 11 is 1.29. The highest BCUT2D eigenvalue weighted by atomic mass is 32.1. The maximum Gasteiger partial charge on any atom is 0.323 e. The van der Waals surface area contributed by atoms with Gasteiger partial charge in [0.2, 0.25) is 0 Å². The number of nitrogens with zero attached hydrogens (tertiary/aromatic N) is 2. The fourth-order valence-corrected chi connectivity index (χ4v) is 3.41. The molecule has 0 fully saturated rings. The first-order chi connectivity index (χ1) is 13.6. The van der Waals surface area contributed by atoms with Crippen molar-refractivity contribution in [3.8, 4) is 17.3 Å². The van der Waals surface area contributed by atoms with Crippen molar-refractivity contribution in [3.63, 3.8) is 0 Å². The Morgan fingerprint density at radius 2 is 1.93 bits per heavy atom. The molecule has 0 aliphatic carbocycles. The number of fused-ring (bicyclic) bond motifs is 1. The van der Waals surface area contributed by atoms with Crippen LogP contribution in [-0.4, -0.2) is 20.9 Å². The first kappa shape index (κ1) is 17.5. The summed E-state index contributed by atoms with van der Waals surface area (Å²) in [4.78, 5) is 33.5. The Kier molecular flexibility index (Phi) is 4.58. The lowest BCUT2D eigenvalue weighted by atomic mass is 10.1. The number of H-pyrrole nitrogens is 2. The number of aromatic amines is 2. The van der Waals surface area contributed by atoms with E-state index in [0.717, 1.165) is 11.3 Å². The van der Waals surface area contributed by atoms with E-state index in [1.165, 1.54) is 17.4 Å². The fraction of sp³-hybridized carbons (Fsp3) is 0. The van der Waals surface area contributed by atoms with Gasteiger partial charge in [0.05, 0.1) is 16.7 Å². The lowest BCUT2D eigenvalue weighted by Gasteiger charge is -2.01. The number of rotatable bonds is 4. The van der Waals surface area contributed by atoms with Crippen LogP contribution in [0.25, 0.3) is 28.4 Å².